The van der Waals surface area contributed by atoms with E-state index in [4.69, 9.17) is 4.74 Å². The summed E-state index contributed by atoms with van der Waals surface area (Å²) >= 11 is 0. The molecule has 0 bridgehead atoms. The van der Waals surface area contributed by atoms with Crippen molar-refractivity contribution in [3.63, 3.8) is 0 Å². The second-order valence-corrected chi connectivity index (χ2v) is 6.75. The number of hydrazone groups is 1. The van der Waals surface area contributed by atoms with Crippen LogP contribution in [0.3, 0.4) is 0 Å². The maximum Gasteiger partial charge on any atom is 0.410 e. The number of amides is 2. The van der Waals surface area contributed by atoms with Crippen molar-refractivity contribution in [3.8, 4) is 0 Å². The minimum Gasteiger partial charge on any atom is -0.445 e. The number of aromatic nitrogens is 1. The van der Waals surface area contributed by atoms with Crippen LogP contribution >= 0.6 is 0 Å². The van der Waals surface area contributed by atoms with E-state index in [1.54, 1.807) is 17.3 Å². The molecule has 138 valence electrons. The van der Waals surface area contributed by atoms with Gasteiger partial charge in [0.2, 0.25) is 0 Å². The van der Waals surface area contributed by atoms with Gasteiger partial charge in [0, 0.05) is 31.0 Å². The summed E-state index contributed by atoms with van der Waals surface area (Å²) in [6.45, 7) is 1.13. The van der Waals surface area contributed by atoms with Gasteiger partial charge in [-0.15, -0.1) is 0 Å². The Labute approximate surface area is 157 Å². The zero-order valence-corrected chi connectivity index (χ0v) is 14.8. The van der Waals surface area contributed by atoms with Gasteiger partial charge < -0.3 is 9.64 Å². The molecule has 4 rings (SSSR count). The summed E-state index contributed by atoms with van der Waals surface area (Å²) in [4.78, 5) is 30.7. The molecule has 2 aliphatic heterocycles. The highest BCUT2D eigenvalue weighted by molar-refractivity contribution is 6.19. The van der Waals surface area contributed by atoms with Crippen LogP contribution in [0.1, 0.15) is 24.0 Å². The summed E-state index contributed by atoms with van der Waals surface area (Å²) in [6, 6.07) is 13.3. The number of carbonyl (C=O) groups is 2. The topological polar surface area (TPSA) is 83.9 Å². The molecule has 2 aromatic rings. The maximum atomic E-state index is 12.5. The maximum absolute atomic E-state index is 12.5. The zero-order chi connectivity index (χ0) is 18.7. The number of hydrogen-bond acceptors (Lipinski definition) is 5. The SMILES string of the molecule is O=C(OCc1ccccc1)N1CCC2(CC1)C(=O)NN=C2c1cccnc1. The number of benzene rings is 1. The van der Waals surface area contributed by atoms with Crippen LogP contribution in [0.4, 0.5) is 4.79 Å². The summed E-state index contributed by atoms with van der Waals surface area (Å²) in [7, 11) is 0. The van der Waals surface area contributed by atoms with Crippen molar-refractivity contribution in [1.82, 2.24) is 15.3 Å². The van der Waals surface area contributed by atoms with Crippen molar-refractivity contribution in [2.45, 2.75) is 19.4 Å². The predicted molar refractivity (Wildman–Crippen MR) is 98.8 cm³/mol. The molecule has 0 aliphatic carbocycles. The van der Waals surface area contributed by atoms with Crippen LogP contribution in [-0.4, -0.2) is 40.7 Å². The molecule has 1 spiro atoms. The Morgan fingerprint density at radius 2 is 1.93 bits per heavy atom. The van der Waals surface area contributed by atoms with Crippen molar-refractivity contribution in [2.24, 2.45) is 10.5 Å². The first-order chi connectivity index (χ1) is 13.2. The number of rotatable bonds is 3. The van der Waals surface area contributed by atoms with Crippen molar-refractivity contribution >= 4 is 17.7 Å². The summed E-state index contributed by atoms with van der Waals surface area (Å²) in [5.41, 5.74) is 4.38. The first kappa shape index (κ1) is 17.2. The van der Waals surface area contributed by atoms with Crippen LogP contribution in [0.2, 0.25) is 0 Å². The Hall–Kier alpha value is -3.22. The quantitative estimate of drug-likeness (QED) is 0.906. The molecule has 2 aliphatic rings. The van der Waals surface area contributed by atoms with Crippen LogP contribution in [0, 0.1) is 5.41 Å². The standard InChI is InChI=1S/C20H20N4O3/c25-18-20(17(22-23-18)16-7-4-10-21-13-16)8-11-24(12-9-20)19(26)27-14-15-5-2-1-3-6-15/h1-7,10,13H,8-9,11-12,14H2,(H,23,25). The number of piperidine rings is 1. The number of carbonyl (C=O) groups excluding carboxylic acids is 2. The first-order valence-electron chi connectivity index (χ1n) is 8.94. The van der Waals surface area contributed by atoms with E-state index in [2.05, 4.69) is 15.5 Å². The fraction of sp³-hybridized carbons (Fsp3) is 0.300. The van der Waals surface area contributed by atoms with Crippen LogP contribution in [0.25, 0.3) is 0 Å². The van der Waals surface area contributed by atoms with Crippen molar-refractivity contribution in [3.05, 3.63) is 66.0 Å². The fourth-order valence-corrected chi connectivity index (χ4v) is 3.62. The summed E-state index contributed by atoms with van der Waals surface area (Å²) in [5.74, 6) is -0.112. The van der Waals surface area contributed by atoms with Crippen LogP contribution in [0.5, 0.6) is 0 Å². The highest BCUT2D eigenvalue weighted by Gasteiger charge is 2.50. The minimum absolute atomic E-state index is 0.112. The third-order valence-electron chi connectivity index (χ3n) is 5.17. The Bertz CT molecular complexity index is 859. The molecule has 2 amide bonds. The minimum atomic E-state index is -0.709. The van der Waals surface area contributed by atoms with Gasteiger partial charge >= 0.3 is 6.09 Å². The Morgan fingerprint density at radius 3 is 2.63 bits per heavy atom. The summed E-state index contributed by atoms with van der Waals surface area (Å²) < 4.78 is 5.40. The van der Waals surface area contributed by atoms with Gasteiger partial charge in [-0.25, -0.2) is 10.2 Å². The Balaban J connectivity index is 1.41. The average molecular weight is 364 g/mol. The van der Waals surface area contributed by atoms with E-state index in [0.29, 0.717) is 31.6 Å². The van der Waals surface area contributed by atoms with Gasteiger partial charge in [0.1, 0.15) is 6.61 Å². The first-order valence-corrected chi connectivity index (χ1v) is 8.94. The summed E-state index contributed by atoms with van der Waals surface area (Å²) in [6.07, 6.45) is 4.06. The fourth-order valence-electron chi connectivity index (χ4n) is 3.62. The molecule has 7 heteroatoms. The highest BCUT2D eigenvalue weighted by Crippen LogP contribution is 2.38. The van der Waals surface area contributed by atoms with E-state index in [-0.39, 0.29) is 18.6 Å². The molecule has 3 heterocycles. The Kier molecular flexibility index (Phi) is 4.58. The molecule has 0 radical (unpaired) electrons. The zero-order valence-electron chi connectivity index (χ0n) is 14.8. The van der Waals surface area contributed by atoms with E-state index >= 15 is 0 Å². The second kappa shape index (κ2) is 7.19. The molecular formula is C20H20N4O3. The lowest BCUT2D eigenvalue weighted by Crippen LogP contribution is -2.50. The molecule has 27 heavy (non-hydrogen) atoms. The van der Waals surface area contributed by atoms with Gasteiger partial charge in [-0.3, -0.25) is 9.78 Å². The van der Waals surface area contributed by atoms with Gasteiger partial charge in [0.05, 0.1) is 11.1 Å². The van der Waals surface area contributed by atoms with E-state index in [9.17, 15) is 9.59 Å². The van der Waals surface area contributed by atoms with E-state index < -0.39 is 5.41 Å². The number of hydrogen-bond donors (Lipinski definition) is 1. The molecular weight excluding hydrogens is 344 g/mol. The molecule has 1 aromatic heterocycles. The van der Waals surface area contributed by atoms with Crippen molar-refractivity contribution in [1.29, 1.82) is 0 Å². The number of likely N-dealkylation sites (tertiary alicyclic amines) is 1. The number of ether oxygens (including phenoxy) is 1. The van der Waals surface area contributed by atoms with E-state index in [0.717, 1.165) is 11.1 Å². The monoisotopic (exact) mass is 364 g/mol. The lowest BCUT2D eigenvalue weighted by molar-refractivity contribution is -0.128. The van der Waals surface area contributed by atoms with Crippen LogP contribution < -0.4 is 5.43 Å². The Morgan fingerprint density at radius 1 is 1.15 bits per heavy atom. The molecule has 0 saturated carbocycles. The van der Waals surface area contributed by atoms with E-state index in [1.165, 1.54) is 0 Å². The van der Waals surface area contributed by atoms with Gasteiger partial charge in [-0.2, -0.15) is 5.10 Å². The van der Waals surface area contributed by atoms with Gasteiger partial charge in [0.15, 0.2) is 0 Å². The van der Waals surface area contributed by atoms with Crippen LogP contribution in [-0.2, 0) is 16.1 Å². The van der Waals surface area contributed by atoms with Gasteiger partial charge in [-0.05, 0) is 30.5 Å². The third-order valence-corrected chi connectivity index (χ3v) is 5.17. The average Bonchev–Trinajstić information content (AvgIpc) is 3.04. The number of pyridine rings is 1. The molecule has 0 atom stereocenters. The molecule has 0 unspecified atom stereocenters. The molecule has 1 fully saturated rings. The lowest BCUT2D eigenvalue weighted by atomic mass is 9.72. The van der Waals surface area contributed by atoms with Gasteiger partial charge in [-0.1, -0.05) is 30.3 Å². The normalized spacial score (nSPS) is 18.1. The highest BCUT2D eigenvalue weighted by atomic mass is 16.6. The lowest BCUT2D eigenvalue weighted by Gasteiger charge is -2.37. The molecule has 7 nitrogen and oxygen atoms in total. The number of nitrogens with zero attached hydrogens (tertiary/aromatic N) is 3. The number of nitrogens with one attached hydrogen (secondary N) is 1. The van der Waals surface area contributed by atoms with E-state index in [1.807, 2.05) is 42.5 Å². The summed E-state index contributed by atoms with van der Waals surface area (Å²) in [5, 5.41) is 4.25. The predicted octanol–water partition coefficient (Wildman–Crippen LogP) is 2.33. The molecule has 1 N–H and O–H groups in total. The van der Waals surface area contributed by atoms with Crippen LogP contribution in [0.15, 0.2) is 60.0 Å². The molecule has 1 saturated heterocycles. The second-order valence-electron chi connectivity index (χ2n) is 6.75. The smallest absolute Gasteiger partial charge is 0.410 e. The largest absolute Gasteiger partial charge is 0.445 e. The van der Waals surface area contributed by atoms with Crippen molar-refractivity contribution in [2.75, 3.05) is 13.1 Å². The molecule has 1 aromatic carbocycles. The van der Waals surface area contributed by atoms with Gasteiger partial charge in [0.25, 0.3) is 5.91 Å². The van der Waals surface area contributed by atoms with Crippen molar-refractivity contribution < 1.29 is 14.3 Å². The third kappa shape index (κ3) is 3.28.